The maximum atomic E-state index is 12.9. The van der Waals surface area contributed by atoms with Gasteiger partial charge in [-0.3, -0.25) is 4.79 Å². The number of benzene rings is 3. The minimum absolute atomic E-state index is 0.0152. The fourth-order valence-corrected chi connectivity index (χ4v) is 4.34. The number of carbonyl (C=O) groups excluding carboxylic acids is 1. The second kappa shape index (κ2) is 7.69. The van der Waals surface area contributed by atoms with Crippen molar-refractivity contribution >= 4 is 33.1 Å². The van der Waals surface area contributed by atoms with Crippen LogP contribution in [0.25, 0.3) is 21.9 Å². The predicted molar refractivity (Wildman–Crippen MR) is 102 cm³/mol. The highest BCUT2D eigenvalue weighted by Crippen LogP contribution is 2.33. The van der Waals surface area contributed by atoms with Crippen molar-refractivity contribution in [1.29, 1.82) is 0 Å². The normalized spacial score (nSPS) is 12.6. The summed E-state index contributed by atoms with van der Waals surface area (Å²) in [6, 6.07) is 18.3. The Morgan fingerprint density at radius 2 is 1.59 bits per heavy atom. The largest absolute Gasteiger partial charge is 0.481 e. The molecule has 0 heterocycles. The lowest BCUT2D eigenvalue weighted by Gasteiger charge is -2.15. The molecule has 0 saturated carbocycles. The van der Waals surface area contributed by atoms with Crippen molar-refractivity contribution in [2.75, 3.05) is 0 Å². The van der Waals surface area contributed by atoms with Crippen molar-refractivity contribution in [3.05, 3.63) is 66.7 Å². The number of nitrogens with one attached hydrogen (secondary N) is 1. The zero-order valence-corrected chi connectivity index (χ0v) is 15.0. The van der Waals surface area contributed by atoms with Crippen LogP contribution in [0.1, 0.15) is 6.42 Å². The molecule has 0 bridgehead atoms. The molecule has 1 atom stereocenters. The molecule has 0 radical (unpaired) electrons. The van der Waals surface area contributed by atoms with E-state index in [1.54, 1.807) is 18.2 Å². The summed E-state index contributed by atoms with van der Waals surface area (Å²) in [5.41, 5.74) is 1.21. The van der Waals surface area contributed by atoms with Gasteiger partial charge in [-0.2, -0.15) is 0 Å². The molecule has 0 aliphatic carbocycles. The summed E-state index contributed by atoms with van der Waals surface area (Å²) in [6.07, 6.45) is -0.342. The molecule has 0 fully saturated rings. The highest BCUT2D eigenvalue weighted by Gasteiger charge is 2.24. The monoisotopic (exact) mass is 383 g/mol. The number of aldehydes is 1. The van der Waals surface area contributed by atoms with Crippen molar-refractivity contribution in [3.63, 3.8) is 0 Å². The van der Waals surface area contributed by atoms with Crippen LogP contribution >= 0.6 is 0 Å². The number of carboxylic acids is 1. The second-order valence-electron chi connectivity index (χ2n) is 5.98. The van der Waals surface area contributed by atoms with Gasteiger partial charge in [0, 0.05) is 5.56 Å². The van der Waals surface area contributed by atoms with Gasteiger partial charge in [0.25, 0.3) is 0 Å². The molecule has 0 aromatic heterocycles. The van der Waals surface area contributed by atoms with Crippen LogP contribution in [0.15, 0.2) is 71.6 Å². The van der Waals surface area contributed by atoms with Crippen molar-refractivity contribution in [2.24, 2.45) is 0 Å². The lowest BCUT2D eigenvalue weighted by Crippen LogP contribution is -2.37. The van der Waals surface area contributed by atoms with Crippen molar-refractivity contribution < 1.29 is 23.1 Å². The highest BCUT2D eigenvalue weighted by atomic mass is 32.2. The minimum atomic E-state index is -4.11. The van der Waals surface area contributed by atoms with Gasteiger partial charge < -0.3 is 9.90 Å². The fourth-order valence-electron chi connectivity index (χ4n) is 2.95. The maximum Gasteiger partial charge on any atom is 0.305 e. The van der Waals surface area contributed by atoms with Gasteiger partial charge in [0.05, 0.1) is 17.4 Å². The molecule has 0 saturated heterocycles. The van der Waals surface area contributed by atoms with Gasteiger partial charge in [-0.15, -0.1) is 0 Å². The summed E-state index contributed by atoms with van der Waals surface area (Å²) in [5, 5.41) is 10.7. The molecule has 0 spiro atoms. The number of aliphatic carboxylic acids is 1. The molecule has 138 valence electrons. The van der Waals surface area contributed by atoms with E-state index < -0.39 is 28.5 Å². The first kappa shape index (κ1) is 18.8. The van der Waals surface area contributed by atoms with E-state index in [4.69, 9.17) is 5.11 Å². The molecule has 3 aromatic rings. The summed E-state index contributed by atoms with van der Waals surface area (Å²) >= 11 is 0. The van der Waals surface area contributed by atoms with E-state index in [0.29, 0.717) is 5.56 Å². The van der Waals surface area contributed by atoms with Gasteiger partial charge in [-0.1, -0.05) is 60.7 Å². The summed E-state index contributed by atoms with van der Waals surface area (Å²) in [4.78, 5) is 21.9. The molecule has 6 nitrogen and oxygen atoms in total. The molecule has 2 N–H and O–H groups in total. The van der Waals surface area contributed by atoms with E-state index in [9.17, 15) is 18.0 Å². The average molecular weight is 383 g/mol. The number of fused-ring (bicyclic) bond motifs is 1. The zero-order valence-electron chi connectivity index (χ0n) is 14.2. The van der Waals surface area contributed by atoms with E-state index in [1.165, 1.54) is 6.07 Å². The summed E-state index contributed by atoms with van der Waals surface area (Å²) in [7, 11) is -4.11. The third-order valence-corrected chi connectivity index (χ3v) is 5.67. The molecular formula is C20H17NO5S. The van der Waals surface area contributed by atoms with E-state index in [2.05, 4.69) is 4.72 Å². The maximum absolute atomic E-state index is 12.9. The fraction of sp³-hybridized carbons (Fsp3) is 0.100. The molecule has 27 heavy (non-hydrogen) atoms. The van der Waals surface area contributed by atoms with Gasteiger partial charge in [0.15, 0.2) is 0 Å². The quantitative estimate of drug-likeness (QED) is 0.611. The molecule has 0 aliphatic rings. The molecule has 7 heteroatoms. The molecular weight excluding hydrogens is 366 g/mol. The average Bonchev–Trinajstić information content (AvgIpc) is 2.66. The van der Waals surface area contributed by atoms with Gasteiger partial charge in [-0.25, -0.2) is 13.1 Å². The minimum Gasteiger partial charge on any atom is -0.481 e. The van der Waals surface area contributed by atoms with Crippen molar-refractivity contribution in [3.8, 4) is 11.1 Å². The standard InChI is InChI=1S/C20H17NO5S/c22-13-15(12-20(23)24)21-27(25,26)19-11-4-3-9-18(19)17-10-5-7-14-6-1-2-8-16(14)17/h1-11,13,15,21H,12H2,(H,23,24)/t15-/m0/s1. The Labute approximate surface area is 156 Å². The van der Waals surface area contributed by atoms with Gasteiger partial charge >= 0.3 is 5.97 Å². The Balaban J connectivity index is 2.11. The van der Waals surface area contributed by atoms with Gasteiger partial charge in [-0.05, 0) is 22.4 Å². The van der Waals surface area contributed by atoms with Gasteiger partial charge in [0.1, 0.15) is 6.29 Å². The lowest BCUT2D eigenvalue weighted by molar-refractivity contribution is -0.138. The number of carbonyl (C=O) groups is 2. The Bertz CT molecular complexity index is 1100. The summed E-state index contributed by atoms with van der Waals surface area (Å²) < 4.78 is 27.9. The predicted octanol–water partition coefficient (Wildman–Crippen LogP) is 2.83. The smallest absolute Gasteiger partial charge is 0.305 e. The summed E-state index contributed by atoms with van der Waals surface area (Å²) in [6.45, 7) is 0. The first-order chi connectivity index (χ1) is 12.9. The Morgan fingerprint density at radius 3 is 2.33 bits per heavy atom. The highest BCUT2D eigenvalue weighted by molar-refractivity contribution is 7.89. The molecule has 0 aliphatic heterocycles. The SMILES string of the molecule is O=C[C@H](CC(=O)O)NS(=O)(=O)c1ccccc1-c1cccc2ccccc12. The number of hydrogen-bond donors (Lipinski definition) is 2. The first-order valence-corrected chi connectivity index (χ1v) is 9.67. The number of sulfonamides is 1. The van der Waals surface area contributed by atoms with Crippen LogP contribution in [-0.4, -0.2) is 31.8 Å². The lowest BCUT2D eigenvalue weighted by atomic mass is 9.98. The molecule has 0 amide bonds. The van der Waals surface area contributed by atoms with E-state index in [1.807, 2.05) is 42.5 Å². The van der Waals surface area contributed by atoms with Crippen LogP contribution < -0.4 is 4.72 Å². The van der Waals surface area contributed by atoms with E-state index in [-0.39, 0.29) is 11.2 Å². The van der Waals surface area contributed by atoms with E-state index >= 15 is 0 Å². The van der Waals surface area contributed by atoms with Crippen LogP contribution in [0.3, 0.4) is 0 Å². The van der Waals surface area contributed by atoms with E-state index in [0.717, 1.165) is 16.3 Å². The second-order valence-corrected chi connectivity index (χ2v) is 7.67. The van der Waals surface area contributed by atoms with Crippen molar-refractivity contribution in [2.45, 2.75) is 17.4 Å². The summed E-state index contributed by atoms with van der Waals surface area (Å²) in [5.74, 6) is -1.27. The Hall–Kier alpha value is -3.03. The molecule has 0 unspecified atom stereocenters. The van der Waals surface area contributed by atoms with Crippen LogP contribution in [0.4, 0.5) is 0 Å². The number of hydrogen-bond acceptors (Lipinski definition) is 4. The molecule has 3 aromatic carbocycles. The number of carboxylic acid groups (broad SMARTS) is 1. The number of rotatable bonds is 7. The first-order valence-electron chi connectivity index (χ1n) is 8.19. The Kier molecular flexibility index (Phi) is 5.34. The topological polar surface area (TPSA) is 101 Å². The van der Waals surface area contributed by atoms with Crippen LogP contribution in [-0.2, 0) is 19.6 Å². The van der Waals surface area contributed by atoms with Gasteiger partial charge in [0.2, 0.25) is 10.0 Å². The third kappa shape index (κ3) is 4.05. The van der Waals surface area contributed by atoms with Crippen molar-refractivity contribution in [1.82, 2.24) is 4.72 Å². The Morgan fingerprint density at radius 1 is 0.963 bits per heavy atom. The van der Waals surface area contributed by atoms with Crippen LogP contribution in [0.2, 0.25) is 0 Å². The zero-order chi connectivity index (χ0) is 19.4. The van der Waals surface area contributed by atoms with Crippen LogP contribution in [0.5, 0.6) is 0 Å². The molecule has 3 rings (SSSR count). The van der Waals surface area contributed by atoms with Crippen LogP contribution in [0, 0.1) is 0 Å². The third-order valence-electron chi connectivity index (χ3n) is 4.12.